The van der Waals surface area contributed by atoms with E-state index in [1.165, 1.54) is 6.33 Å². The highest BCUT2D eigenvalue weighted by atomic mass is 16.4. The van der Waals surface area contributed by atoms with Crippen LogP contribution in [0.3, 0.4) is 0 Å². The quantitative estimate of drug-likeness (QED) is 0.221. The van der Waals surface area contributed by atoms with Crippen LogP contribution in [0.15, 0.2) is 58.0 Å². The van der Waals surface area contributed by atoms with Crippen LogP contribution in [0.2, 0.25) is 0 Å². The second-order valence-electron chi connectivity index (χ2n) is 10.5. The molecule has 7 N–H and O–H groups in total. The second kappa shape index (κ2) is 10.7. The van der Waals surface area contributed by atoms with Gasteiger partial charge in [0.25, 0.3) is 11.6 Å². The van der Waals surface area contributed by atoms with Gasteiger partial charge in [-0.25, -0.2) is 9.97 Å². The van der Waals surface area contributed by atoms with Gasteiger partial charge in [0.1, 0.15) is 29.0 Å². The first-order valence-electron chi connectivity index (χ1n) is 13.8. The Balaban J connectivity index is 1.37. The molecule has 0 aliphatic carbocycles. The van der Waals surface area contributed by atoms with E-state index >= 15 is 0 Å². The summed E-state index contributed by atoms with van der Waals surface area (Å²) in [6, 6.07) is 13.6. The predicted molar refractivity (Wildman–Crippen MR) is 161 cm³/mol. The van der Waals surface area contributed by atoms with Crippen LogP contribution in [0.1, 0.15) is 48.2 Å². The Labute approximate surface area is 236 Å². The molecule has 210 valence electrons. The smallest absolute Gasteiger partial charge is 0.292 e. The van der Waals surface area contributed by atoms with Gasteiger partial charge in [0.15, 0.2) is 5.58 Å². The van der Waals surface area contributed by atoms with E-state index in [9.17, 15) is 4.79 Å². The van der Waals surface area contributed by atoms with Crippen LogP contribution in [-0.2, 0) is 6.54 Å². The number of nitrogens with two attached hydrogens (primary N) is 3. The number of hydrogen-bond acceptors (Lipinski definition) is 9. The molecule has 0 bridgehead atoms. The van der Waals surface area contributed by atoms with Crippen molar-refractivity contribution in [2.24, 2.45) is 0 Å². The molecule has 5 aromatic rings. The Morgan fingerprint density at radius 2 is 1.95 bits per heavy atom. The van der Waals surface area contributed by atoms with Crippen molar-refractivity contribution in [2.75, 3.05) is 36.4 Å². The minimum absolute atomic E-state index is 0.0426. The first-order valence-corrected chi connectivity index (χ1v) is 13.8. The summed E-state index contributed by atoms with van der Waals surface area (Å²) in [6.07, 6.45) is 3.23. The third kappa shape index (κ3) is 4.89. The molecule has 3 aromatic heterocycles. The van der Waals surface area contributed by atoms with Gasteiger partial charge >= 0.3 is 0 Å². The number of likely N-dealkylation sites (tertiary alicyclic amines) is 1. The van der Waals surface area contributed by atoms with E-state index in [4.69, 9.17) is 21.3 Å². The van der Waals surface area contributed by atoms with Crippen LogP contribution >= 0.6 is 0 Å². The number of nitrogens with one attached hydrogen (secondary N) is 1. The fourth-order valence-corrected chi connectivity index (χ4v) is 5.86. The maximum absolute atomic E-state index is 14.0. The summed E-state index contributed by atoms with van der Waals surface area (Å²) in [7, 11) is 0. The Kier molecular flexibility index (Phi) is 6.88. The third-order valence-corrected chi connectivity index (χ3v) is 8.04. The lowest BCUT2D eigenvalue weighted by Gasteiger charge is -2.33. The van der Waals surface area contributed by atoms with Crippen molar-refractivity contribution in [3.63, 3.8) is 0 Å². The fraction of sp³-hybridized carbons (Fsp3) is 0.300. The molecule has 1 aliphatic heterocycles. The first-order chi connectivity index (χ1) is 19.8. The number of nitrogens with zero attached hydrogens (tertiary/aromatic N) is 5. The molecular formula is C30H34N9O2+. The number of benzene rings is 2. The van der Waals surface area contributed by atoms with Gasteiger partial charge in [-0.2, -0.15) is 4.98 Å². The highest BCUT2D eigenvalue weighted by Gasteiger charge is 2.25. The van der Waals surface area contributed by atoms with E-state index in [0.29, 0.717) is 40.3 Å². The molecule has 0 atom stereocenters. The number of anilines is 3. The van der Waals surface area contributed by atoms with Gasteiger partial charge < -0.3 is 30.7 Å². The van der Waals surface area contributed by atoms with Crippen molar-refractivity contribution in [1.29, 1.82) is 0 Å². The Bertz CT molecular complexity index is 1830. The number of piperidine rings is 1. The standard InChI is InChI=1S/C30H33N9O2/c1-3-38-11-9-20(10-12-38)39-21(13-18-6-4-5-17(2)24(18)29(39)40)15-34-28-25(27(32)35-16-36-28)26(31)19-7-8-23-22(14-19)37-30(33)41-23/h4-8,13-14,16,20,31H,3,9-12,15H2,1-2H3,(H2,33,37)(H3,32,34,35,36)/p+1. The molecule has 0 saturated carbocycles. The van der Waals surface area contributed by atoms with Crippen LogP contribution in [0.5, 0.6) is 0 Å². The first kappa shape index (κ1) is 26.5. The molecule has 1 aliphatic rings. The van der Waals surface area contributed by atoms with Gasteiger partial charge in [-0.1, -0.05) is 25.1 Å². The SMILES string of the molecule is CCN1CCC(n2c(CNc3ncnc(N)c3C(=[NH2+])c3ccc4oc(N)nc4c3)cc3cccc(C)c3c2=O)CC1. The van der Waals surface area contributed by atoms with Gasteiger partial charge in [-0.05, 0) is 61.5 Å². The summed E-state index contributed by atoms with van der Waals surface area (Å²) in [6.45, 7) is 7.46. The largest absolute Gasteiger partial charge is 0.424 e. The minimum Gasteiger partial charge on any atom is -0.424 e. The van der Waals surface area contributed by atoms with E-state index in [1.807, 2.05) is 35.8 Å². The Hall–Kier alpha value is -4.77. The minimum atomic E-state index is 0.0426. The third-order valence-electron chi connectivity index (χ3n) is 8.04. The molecule has 1 fully saturated rings. The van der Waals surface area contributed by atoms with Crippen molar-refractivity contribution >= 4 is 45.2 Å². The number of aryl methyl sites for hydroxylation is 1. The summed E-state index contributed by atoms with van der Waals surface area (Å²) < 4.78 is 7.37. The lowest BCUT2D eigenvalue weighted by atomic mass is 10.0. The maximum atomic E-state index is 14.0. The molecule has 0 spiro atoms. The van der Waals surface area contributed by atoms with Crippen LogP contribution in [0.25, 0.3) is 21.9 Å². The molecule has 1 saturated heterocycles. The summed E-state index contributed by atoms with van der Waals surface area (Å²) in [4.78, 5) is 29.3. The topological polar surface area (TPSA) is 167 Å². The highest BCUT2D eigenvalue weighted by Crippen LogP contribution is 2.28. The zero-order valence-electron chi connectivity index (χ0n) is 23.2. The number of nitrogen functional groups attached to an aromatic ring is 2. The molecule has 41 heavy (non-hydrogen) atoms. The fourth-order valence-electron chi connectivity index (χ4n) is 5.86. The normalized spacial score (nSPS) is 14.6. The predicted octanol–water partition coefficient (Wildman–Crippen LogP) is 2.27. The van der Waals surface area contributed by atoms with Crippen molar-refractivity contribution in [2.45, 2.75) is 39.3 Å². The number of oxazole rings is 1. The van der Waals surface area contributed by atoms with Crippen molar-refractivity contribution in [1.82, 2.24) is 24.4 Å². The number of rotatable bonds is 7. The lowest BCUT2D eigenvalue weighted by molar-refractivity contribution is -0.111. The van der Waals surface area contributed by atoms with Gasteiger partial charge in [-0.15, -0.1) is 0 Å². The molecule has 11 nitrogen and oxygen atoms in total. The van der Waals surface area contributed by atoms with E-state index in [1.54, 1.807) is 12.1 Å². The Morgan fingerprint density at radius 1 is 1.15 bits per heavy atom. The van der Waals surface area contributed by atoms with E-state index in [0.717, 1.165) is 54.5 Å². The summed E-state index contributed by atoms with van der Waals surface area (Å²) >= 11 is 0. The van der Waals surface area contributed by atoms with E-state index < -0.39 is 0 Å². The average molecular weight is 553 g/mol. The van der Waals surface area contributed by atoms with Gasteiger partial charge in [0.2, 0.25) is 5.71 Å². The summed E-state index contributed by atoms with van der Waals surface area (Å²) in [5.74, 6) is 0.706. The number of fused-ring (bicyclic) bond motifs is 2. The summed E-state index contributed by atoms with van der Waals surface area (Å²) in [5.41, 5.74) is 16.6. The van der Waals surface area contributed by atoms with E-state index in [2.05, 4.69) is 38.2 Å². The molecule has 2 aromatic carbocycles. The van der Waals surface area contributed by atoms with Gasteiger partial charge in [-0.3, -0.25) is 10.2 Å². The van der Waals surface area contributed by atoms with E-state index in [-0.39, 0.29) is 23.4 Å². The second-order valence-corrected chi connectivity index (χ2v) is 10.5. The molecular weight excluding hydrogens is 518 g/mol. The molecule has 0 unspecified atom stereocenters. The zero-order valence-corrected chi connectivity index (χ0v) is 23.2. The number of hydrogen-bond donors (Lipinski definition) is 4. The molecule has 0 radical (unpaired) electrons. The van der Waals surface area contributed by atoms with Crippen LogP contribution in [0, 0.1) is 6.92 Å². The number of aromatic nitrogens is 4. The molecule has 11 heteroatoms. The van der Waals surface area contributed by atoms with Crippen LogP contribution in [-0.4, -0.2) is 49.8 Å². The lowest BCUT2D eigenvalue weighted by Crippen LogP contribution is -2.42. The molecule has 4 heterocycles. The van der Waals surface area contributed by atoms with Crippen molar-refractivity contribution < 1.29 is 9.83 Å². The zero-order chi connectivity index (χ0) is 28.7. The average Bonchev–Trinajstić information content (AvgIpc) is 3.35. The molecule has 0 amide bonds. The molecule has 6 rings (SSSR count). The maximum Gasteiger partial charge on any atom is 0.292 e. The van der Waals surface area contributed by atoms with Gasteiger partial charge in [0.05, 0.1) is 11.9 Å². The van der Waals surface area contributed by atoms with Gasteiger partial charge in [0, 0.05) is 30.4 Å². The van der Waals surface area contributed by atoms with Crippen LogP contribution < -0.4 is 27.8 Å². The van der Waals surface area contributed by atoms with Crippen LogP contribution in [0.4, 0.5) is 17.7 Å². The summed E-state index contributed by atoms with van der Waals surface area (Å²) in [5, 5.41) is 11.7. The Morgan fingerprint density at radius 3 is 2.73 bits per heavy atom. The van der Waals surface area contributed by atoms with Crippen molar-refractivity contribution in [3.8, 4) is 0 Å². The number of pyridine rings is 1. The highest BCUT2D eigenvalue weighted by molar-refractivity contribution is 6.15. The monoisotopic (exact) mass is 552 g/mol. The van der Waals surface area contributed by atoms with Crippen molar-refractivity contribution in [3.05, 3.63) is 81.5 Å².